The van der Waals surface area contributed by atoms with Crippen LogP contribution in [0.1, 0.15) is 26.7 Å². The van der Waals surface area contributed by atoms with Crippen molar-refractivity contribution in [2.24, 2.45) is 5.73 Å². The average Bonchev–Trinajstić information content (AvgIpc) is 2.95. The first-order valence-corrected chi connectivity index (χ1v) is 8.25. The number of carbonyl (C=O) groups is 1. The first-order chi connectivity index (χ1) is 12.1. The Labute approximate surface area is 150 Å². The molecule has 2 aromatic heterocycles. The number of benzene rings is 1. The Balaban J connectivity index is 0.000000701. The summed E-state index contributed by atoms with van der Waals surface area (Å²) in [7, 11) is 0. The highest BCUT2D eigenvalue weighted by Gasteiger charge is 2.07. The van der Waals surface area contributed by atoms with E-state index in [1.165, 1.54) is 10.4 Å². The van der Waals surface area contributed by atoms with Crippen LogP contribution in [0.3, 0.4) is 0 Å². The van der Waals surface area contributed by atoms with Crippen molar-refractivity contribution in [1.29, 1.82) is 0 Å². The fraction of sp³-hybridized carbons (Fsp3) is 0.105. The standard InChI is InChI=1S/C18H14N2OS.CH3NO/c1-13-17(11-15-5-3-9-19-12-15)22-18(20-13)8-7-14-4-2-6-16(21)10-14;2-1-3/h2-6,9-10,12,21H,11H2,1H3;1H,(H2,2,3). The van der Waals surface area contributed by atoms with Crippen LogP contribution in [0.4, 0.5) is 0 Å². The number of phenols is 1. The van der Waals surface area contributed by atoms with E-state index >= 15 is 0 Å². The van der Waals surface area contributed by atoms with Gasteiger partial charge in [-0.2, -0.15) is 0 Å². The third kappa shape index (κ3) is 5.75. The van der Waals surface area contributed by atoms with E-state index in [1.807, 2.05) is 25.3 Å². The number of nitrogens with two attached hydrogens (primary N) is 1. The quantitative estimate of drug-likeness (QED) is 0.549. The van der Waals surface area contributed by atoms with Crippen LogP contribution in [0.15, 0.2) is 48.8 Å². The maximum Gasteiger partial charge on any atom is 0.204 e. The van der Waals surface area contributed by atoms with Crippen molar-refractivity contribution < 1.29 is 9.90 Å². The van der Waals surface area contributed by atoms with Crippen LogP contribution in [0.5, 0.6) is 5.75 Å². The average molecular weight is 351 g/mol. The van der Waals surface area contributed by atoms with Gasteiger partial charge in [-0.15, -0.1) is 11.3 Å². The number of hydrogen-bond donors (Lipinski definition) is 2. The van der Waals surface area contributed by atoms with Crippen molar-refractivity contribution in [3.63, 3.8) is 0 Å². The van der Waals surface area contributed by atoms with Crippen LogP contribution in [0, 0.1) is 18.8 Å². The van der Waals surface area contributed by atoms with Gasteiger partial charge in [-0.05, 0) is 42.7 Å². The summed E-state index contributed by atoms with van der Waals surface area (Å²) in [5.41, 5.74) is 7.12. The second-order valence-corrected chi connectivity index (χ2v) is 6.09. The number of aromatic nitrogens is 2. The van der Waals surface area contributed by atoms with Crippen LogP contribution in [0.25, 0.3) is 0 Å². The number of nitrogens with zero attached hydrogens (tertiary/aromatic N) is 2. The molecule has 1 amide bonds. The van der Waals surface area contributed by atoms with E-state index in [4.69, 9.17) is 4.79 Å². The lowest BCUT2D eigenvalue weighted by Gasteiger charge is -1.97. The topological polar surface area (TPSA) is 89.1 Å². The van der Waals surface area contributed by atoms with E-state index in [1.54, 1.807) is 35.7 Å². The van der Waals surface area contributed by atoms with Crippen LogP contribution in [-0.4, -0.2) is 21.5 Å². The molecule has 126 valence electrons. The van der Waals surface area contributed by atoms with Crippen molar-refractivity contribution in [3.05, 3.63) is 75.5 Å². The number of rotatable bonds is 2. The number of pyridine rings is 1. The highest BCUT2D eigenvalue weighted by Crippen LogP contribution is 2.21. The Hall–Kier alpha value is -3.17. The molecule has 1 aromatic carbocycles. The summed E-state index contributed by atoms with van der Waals surface area (Å²) in [6, 6.07) is 10.9. The maximum absolute atomic E-state index is 9.44. The summed E-state index contributed by atoms with van der Waals surface area (Å²) in [4.78, 5) is 18.4. The normalized spacial score (nSPS) is 9.32. The van der Waals surface area contributed by atoms with E-state index in [0.29, 0.717) is 0 Å². The Morgan fingerprint density at radius 1 is 1.28 bits per heavy atom. The molecule has 0 aliphatic heterocycles. The Morgan fingerprint density at radius 3 is 2.76 bits per heavy atom. The van der Waals surface area contributed by atoms with Gasteiger partial charge in [-0.3, -0.25) is 9.78 Å². The van der Waals surface area contributed by atoms with E-state index < -0.39 is 0 Å². The molecule has 0 spiro atoms. The molecule has 25 heavy (non-hydrogen) atoms. The Kier molecular flexibility index (Phi) is 6.69. The number of phenolic OH excluding ortho intramolecular Hbond substituents is 1. The molecular weight excluding hydrogens is 334 g/mol. The lowest BCUT2D eigenvalue weighted by Crippen LogP contribution is -1.87. The van der Waals surface area contributed by atoms with E-state index in [2.05, 4.69) is 33.6 Å². The third-order valence-electron chi connectivity index (χ3n) is 3.14. The number of amides is 1. The monoisotopic (exact) mass is 351 g/mol. The minimum Gasteiger partial charge on any atom is -0.508 e. The highest BCUT2D eigenvalue weighted by molar-refractivity contribution is 7.12. The summed E-state index contributed by atoms with van der Waals surface area (Å²) >= 11 is 1.60. The van der Waals surface area contributed by atoms with Crippen LogP contribution < -0.4 is 5.73 Å². The van der Waals surface area contributed by atoms with Crippen LogP contribution in [-0.2, 0) is 11.2 Å². The summed E-state index contributed by atoms with van der Waals surface area (Å²) in [5, 5.41) is 10.2. The first kappa shape index (κ1) is 18.2. The largest absolute Gasteiger partial charge is 0.508 e. The Morgan fingerprint density at radius 2 is 2.08 bits per heavy atom. The molecule has 0 aliphatic rings. The van der Waals surface area contributed by atoms with Crippen LogP contribution >= 0.6 is 11.3 Å². The molecule has 3 aromatic rings. The van der Waals surface area contributed by atoms with Crippen molar-refractivity contribution in [2.45, 2.75) is 13.3 Å². The minimum atomic E-state index is 0.222. The molecule has 0 saturated carbocycles. The van der Waals surface area contributed by atoms with Crippen molar-refractivity contribution in [2.75, 3.05) is 0 Å². The van der Waals surface area contributed by atoms with Crippen molar-refractivity contribution in [1.82, 2.24) is 9.97 Å². The summed E-state index contributed by atoms with van der Waals surface area (Å²) in [6.45, 7) is 2.00. The zero-order valence-corrected chi connectivity index (χ0v) is 14.5. The summed E-state index contributed by atoms with van der Waals surface area (Å²) in [5.74, 6) is 6.32. The van der Waals surface area contributed by atoms with E-state index in [0.717, 1.165) is 22.7 Å². The van der Waals surface area contributed by atoms with Crippen LogP contribution in [0.2, 0.25) is 0 Å². The van der Waals surface area contributed by atoms with Gasteiger partial charge in [-0.25, -0.2) is 4.98 Å². The maximum atomic E-state index is 9.44. The predicted molar refractivity (Wildman–Crippen MR) is 98.2 cm³/mol. The molecule has 0 bridgehead atoms. The second kappa shape index (κ2) is 9.21. The molecule has 6 heteroatoms. The molecule has 0 saturated heterocycles. The zero-order chi connectivity index (χ0) is 18.1. The fourth-order valence-electron chi connectivity index (χ4n) is 2.04. The SMILES string of the molecule is Cc1nc(C#Cc2cccc(O)c2)sc1Cc1cccnc1.NC=O. The summed E-state index contributed by atoms with van der Waals surface area (Å²) < 4.78 is 0. The van der Waals surface area contributed by atoms with Gasteiger partial charge >= 0.3 is 0 Å². The molecule has 0 aliphatic carbocycles. The predicted octanol–water partition coefficient (Wildman–Crippen LogP) is 2.64. The zero-order valence-electron chi connectivity index (χ0n) is 13.6. The number of carbonyl (C=O) groups excluding carboxylic acids is 1. The van der Waals surface area contributed by atoms with Gasteiger partial charge in [0.05, 0.1) is 5.69 Å². The molecule has 5 nitrogen and oxygen atoms in total. The minimum absolute atomic E-state index is 0.222. The highest BCUT2D eigenvalue weighted by atomic mass is 32.1. The summed E-state index contributed by atoms with van der Waals surface area (Å²) in [6.07, 6.45) is 4.72. The molecule has 3 rings (SSSR count). The number of primary amides is 1. The number of thiazole rings is 1. The molecule has 0 atom stereocenters. The van der Waals surface area contributed by atoms with Gasteiger partial charge in [0.15, 0.2) is 5.01 Å². The number of aromatic hydroxyl groups is 1. The van der Waals surface area contributed by atoms with Gasteiger partial charge in [0.2, 0.25) is 6.41 Å². The van der Waals surface area contributed by atoms with Gasteiger partial charge in [0, 0.05) is 29.3 Å². The van der Waals surface area contributed by atoms with Gasteiger partial charge in [0.1, 0.15) is 5.75 Å². The molecule has 0 unspecified atom stereocenters. The van der Waals surface area contributed by atoms with Gasteiger partial charge in [0.25, 0.3) is 0 Å². The van der Waals surface area contributed by atoms with Gasteiger partial charge < -0.3 is 10.8 Å². The number of aryl methyl sites for hydroxylation is 1. The molecular formula is C19H17N3O2S. The molecule has 3 N–H and O–H groups in total. The lowest BCUT2D eigenvalue weighted by molar-refractivity contribution is -0.106. The molecule has 0 fully saturated rings. The first-order valence-electron chi connectivity index (χ1n) is 7.44. The third-order valence-corrected chi connectivity index (χ3v) is 4.21. The smallest absolute Gasteiger partial charge is 0.204 e. The van der Waals surface area contributed by atoms with E-state index in [9.17, 15) is 5.11 Å². The fourth-order valence-corrected chi connectivity index (χ4v) is 2.99. The molecule has 2 heterocycles. The number of hydrogen-bond acceptors (Lipinski definition) is 5. The van der Waals surface area contributed by atoms with Gasteiger partial charge in [-0.1, -0.05) is 18.1 Å². The molecule has 0 radical (unpaired) electrons. The van der Waals surface area contributed by atoms with Crippen molar-refractivity contribution >= 4 is 17.7 Å². The second-order valence-electron chi connectivity index (χ2n) is 5.00. The van der Waals surface area contributed by atoms with E-state index in [-0.39, 0.29) is 12.2 Å². The lowest BCUT2D eigenvalue weighted by atomic mass is 10.2. The Bertz CT molecular complexity index is 896. The van der Waals surface area contributed by atoms with Crippen molar-refractivity contribution in [3.8, 4) is 17.6 Å².